The lowest BCUT2D eigenvalue weighted by Gasteiger charge is -2.05. The van der Waals surface area contributed by atoms with Crippen molar-refractivity contribution in [1.29, 1.82) is 0 Å². The summed E-state index contributed by atoms with van der Waals surface area (Å²) >= 11 is 5.60. The summed E-state index contributed by atoms with van der Waals surface area (Å²) in [6, 6.07) is 9.48. The normalized spacial score (nSPS) is 10.1. The minimum atomic E-state index is -0.535. The molecule has 0 heterocycles. The van der Waals surface area contributed by atoms with Gasteiger partial charge >= 0.3 is 0 Å². The van der Waals surface area contributed by atoms with Crippen molar-refractivity contribution in [1.82, 2.24) is 0 Å². The van der Waals surface area contributed by atoms with Gasteiger partial charge in [0.05, 0.1) is 9.95 Å². The summed E-state index contributed by atoms with van der Waals surface area (Å²) in [5, 5.41) is 10.4. The Kier molecular flexibility index (Phi) is 3.43. The molecular formula is C12H7ClFNO3. The maximum Gasteiger partial charge on any atom is 0.269 e. The molecule has 92 valence electrons. The molecule has 0 aliphatic heterocycles. The second-order valence-electron chi connectivity index (χ2n) is 3.43. The van der Waals surface area contributed by atoms with Crippen molar-refractivity contribution < 1.29 is 14.1 Å². The van der Waals surface area contributed by atoms with Crippen LogP contribution in [0.15, 0.2) is 42.5 Å². The summed E-state index contributed by atoms with van der Waals surface area (Å²) in [4.78, 5) is 9.96. The maximum absolute atomic E-state index is 12.9. The van der Waals surface area contributed by atoms with Crippen LogP contribution in [0.1, 0.15) is 0 Å². The summed E-state index contributed by atoms with van der Waals surface area (Å²) in [5.41, 5.74) is -0.0283. The summed E-state index contributed by atoms with van der Waals surface area (Å²) < 4.78 is 18.3. The lowest BCUT2D eigenvalue weighted by atomic mass is 10.3. The first-order chi connectivity index (χ1) is 8.56. The number of hydrogen-bond acceptors (Lipinski definition) is 3. The van der Waals surface area contributed by atoms with Gasteiger partial charge in [-0.1, -0.05) is 11.6 Å². The first-order valence-electron chi connectivity index (χ1n) is 4.93. The molecule has 2 rings (SSSR count). The van der Waals surface area contributed by atoms with Crippen LogP contribution in [0.25, 0.3) is 0 Å². The molecule has 0 aromatic heterocycles. The Balaban J connectivity index is 2.18. The van der Waals surface area contributed by atoms with E-state index in [1.807, 2.05) is 0 Å². The van der Waals surface area contributed by atoms with E-state index in [2.05, 4.69) is 0 Å². The van der Waals surface area contributed by atoms with Gasteiger partial charge in [-0.2, -0.15) is 0 Å². The van der Waals surface area contributed by atoms with E-state index in [1.165, 1.54) is 42.5 Å². The van der Waals surface area contributed by atoms with Crippen molar-refractivity contribution in [3.05, 3.63) is 63.4 Å². The van der Waals surface area contributed by atoms with Crippen molar-refractivity contribution in [3.8, 4) is 11.5 Å². The van der Waals surface area contributed by atoms with E-state index in [9.17, 15) is 14.5 Å². The van der Waals surface area contributed by atoms with Crippen molar-refractivity contribution in [2.45, 2.75) is 0 Å². The molecule has 2 aromatic carbocycles. The van der Waals surface area contributed by atoms with Crippen LogP contribution in [0, 0.1) is 15.9 Å². The number of nitrogens with zero attached hydrogens (tertiary/aromatic N) is 1. The highest BCUT2D eigenvalue weighted by atomic mass is 35.5. The molecule has 6 heteroatoms. The van der Waals surface area contributed by atoms with Crippen molar-refractivity contribution in [2.75, 3.05) is 0 Å². The fourth-order valence-corrected chi connectivity index (χ4v) is 1.48. The van der Waals surface area contributed by atoms with Gasteiger partial charge in [0.1, 0.15) is 17.3 Å². The lowest BCUT2D eigenvalue weighted by molar-refractivity contribution is -0.384. The second kappa shape index (κ2) is 5.01. The van der Waals surface area contributed by atoms with Crippen LogP contribution in [-0.4, -0.2) is 4.92 Å². The Labute approximate surface area is 107 Å². The maximum atomic E-state index is 12.9. The largest absolute Gasteiger partial charge is 0.457 e. The average molecular weight is 268 g/mol. The highest BCUT2D eigenvalue weighted by Crippen LogP contribution is 2.27. The fraction of sp³-hybridized carbons (Fsp3) is 0. The summed E-state index contributed by atoms with van der Waals surface area (Å²) in [6.07, 6.45) is 0. The Hall–Kier alpha value is -2.14. The molecule has 0 saturated heterocycles. The van der Waals surface area contributed by atoms with E-state index in [-0.39, 0.29) is 10.7 Å². The molecule has 0 aliphatic carbocycles. The van der Waals surface area contributed by atoms with Gasteiger partial charge in [0.2, 0.25) is 0 Å². The van der Waals surface area contributed by atoms with Gasteiger partial charge in [-0.25, -0.2) is 4.39 Å². The lowest BCUT2D eigenvalue weighted by Crippen LogP contribution is -1.89. The number of nitro benzene ring substituents is 1. The molecule has 2 aromatic rings. The molecule has 0 spiro atoms. The smallest absolute Gasteiger partial charge is 0.269 e. The van der Waals surface area contributed by atoms with Crippen LogP contribution in [0.4, 0.5) is 10.1 Å². The predicted octanol–water partition coefficient (Wildman–Crippen LogP) is 4.18. The van der Waals surface area contributed by atoms with Crippen LogP contribution in [0.2, 0.25) is 5.02 Å². The molecule has 4 nitrogen and oxygen atoms in total. The first-order valence-corrected chi connectivity index (χ1v) is 5.31. The fourth-order valence-electron chi connectivity index (χ4n) is 1.31. The van der Waals surface area contributed by atoms with Crippen molar-refractivity contribution >= 4 is 17.3 Å². The average Bonchev–Trinajstić information content (AvgIpc) is 2.34. The van der Waals surface area contributed by atoms with E-state index >= 15 is 0 Å². The zero-order valence-corrected chi connectivity index (χ0v) is 9.73. The van der Waals surface area contributed by atoms with Crippen LogP contribution in [-0.2, 0) is 0 Å². The molecule has 0 saturated carbocycles. The van der Waals surface area contributed by atoms with Crippen LogP contribution >= 0.6 is 11.6 Å². The third-order valence-electron chi connectivity index (χ3n) is 2.17. The van der Waals surface area contributed by atoms with E-state index < -0.39 is 10.7 Å². The molecule has 18 heavy (non-hydrogen) atoms. The molecule has 0 radical (unpaired) electrons. The van der Waals surface area contributed by atoms with Gasteiger partial charge in [-0.3, -0.25) is 10.1 Å². The van der Waals surface area contributed by atoms with Gasteiger partial charge in [-0.05, 0) is 24.3 Å². The molecule has 0 N–H and O–H groups in total. The standard InChI is InChI=1S/C12H7ClFNO3/c13-11-7-10(5-6-12(11)14)18-9-3-1-8(2-4-9)15(16)17/h1-7H. The topological polar surface area (TPSA) is 52.4 Å². The monoisotopic (exact) mass is 267 g/mol. The van der Waals surface area contributed by atoms with E-state index in [0.717, 1.165) is 0 Å². The van der Waals surface area contributed by atoms with E-state index in [0.29, 0.717) is 11.5 Å². The summed E-state index contributed by atoms with van der Waals surface area (Å²) in [6.45, 7) is 0. The predicted molar refractivity (Wildman–Crippen MR) is 64.6 cm³/mol. The number of nitro groups is 1. The highest BCUT2D eigenvalue weighted by Gasteiger charge is 2.06. The van der Waals surface area contributed by atoms with Gasteiger partial charge in [-0.15, -0.1) is 0 Å². The van der Waals surface area contributed by atoms with Crippen molar-refractivity contribution in [3.63, 3.8) is 0 Å². The molecular weight excluding hydrogens is 261 g/mol. The van der Waals surface area contributed by atoms with Gasteiger partial charge in [0, 0.05) is 18.2 Å². The quantitative estimate of drug-likeness (QED) is 0.619. The number of ether oxygens (including phenoxy) is 1. The number of rotatable bonds is 3. The number of halogens is 2. The Morgan fingerprint density at radius 3 is 2.28 bits per heavy atom. The summed E-state index contributed by atoms with van der Waals surface area (Å²) in [5.74, 6) is 0.228. The Bertz CT molecular complexity index is 586. The molecule has 0 atom stereocenters. The van der Waals surface area contributed by atoms with Crippen LogP contribution < -0.4 is 4.74 Å². The first kappa shape index (κ1) is 12.3. The molecule has 0 aliphatic rings. The van der Waals surface area contributed by atoms with Gasteiger partial charge in [0.15, 0.2) is 0 Å². The number of hydrogen-bond donors (Lipinski definition) is 0. The minimum absolute atomic E-state index is 0.0283. The third-order valence-corrected chi connectivity index (χ3v) is 2.46. The Morgan fingerprint density at radius 1 is 1.11 bits per heavy atom. The van der Waals surface area contributed by atoms with E-state index in [4.69, 9.17) is 16.3 Å². The zero-order chi connectivity index (χ0) is 13.1. The third kappa shape index (κ3) is 2.75. The SMILES string of the molecule is O=[N+]([O-])c1ccc(Oc2ccc(F)c(Cl)c2)cc1. The zero-order valence-electron chi connectivity index (χ0n) is 8.97. The van der Waals surface area contributed by atoms with Gasteiger partial charge < -0.3 is 4.74 Å². The van der Waals surface area contributed by atoms with E-state index in [1.54, 1.807) is 0 Å². The molecule has 0 bridgehead atoms. The second-order valence-corrected chi connectivity index (χ2v) is 3.84. The minimum Gasteiger partial charge on any atom is -0.457 e. The van der Waals surface area contributed by atoms with Crippen LogP contribution in [0.5, 0.6) is 11.5 Å². The molecule has 0 unspecified atom stereocenters. The molecule has 0 amide bonds. The van der Waals surface area contributed by atoms with Gasteiger partial charge in [0.25, 0.3) is 5.69 Å². The number of benzene rings is 2. The Morgan fingerprint density at radius 2 is 1.72 bits per heavy atom. The highest BCUT2D eigenvalue weighted by molar-refractivity contribution is 6.30. The van der Waals surface area contributed by atoms with Crippen LogP contribution in [0.3, 0.4) is 0 Å². The van der Waals surface area contributed by atoms with Crippen molar-refractivity contribution in [2.24, 2.45) is 0 Å². The number of non-ortho nitro benzene ring substituents is 1. The molecule has 0 fully saturated rings. The summed E-state index contributed by atoms with van der Waals surface area (Å²) in [7, 11) is 0.